The van der Waals surface area contributed by atoms with Crippen molar-refractivity contribution < 1.29 is 4.74 Å². The summed E-state index contributed by atoms with van der Waals surface area (Å²) in [6, 6.07) is 8.74. The molecule has 1 N–H and O–H groups in total. The molecule has 2 rings (SSSR count). The van der Waals surface area contributed by atoms with Crippen LogP contribution in [0.15, 0.2) is 24.3 Å². The second-order valence-corrected chi connectivity index (χ2v) is 5.63. The molecule has 0 amide bonds. The molecule has 0 radical (unpaired) electrons. The molecule has 1 aliphatic heterocycles. The fourth-order valence-corrected chi connectivity index (χ4v) is 2.87. The first kappa shape index (κ1) is 14.8. The van der Waals surface area contributed by atoms with E-state index >= 15 is 0 Å². The highest BCUT2D eigenvalue weighted by atomic mass is 35.5. The highest BCUT2D eigenvalue weighted by Gasteiger charge is 2.16. The third-order valence-electron chi connectivity index (χ3n) is 3.54. The summed E-state index contributed by atoms with van der Waals surface area (Å²) in [5.41, 5.74) is 1.16. The zero-order chi connectivity index (χ0) is 13.7. The van der Waals surface area contributed by atoms with Gasteiger partial charge in [0.1, 0.15) is 0 Å². The van der Waals surface area contributed by atoms with Crippen LogP contribution in [0.1, 0.15) is 25.5 Å². The molecule has 2 unspecified atom stereocenters. The van der Waals surface area contributed by atoms with E-state index in [1.807, 2.05) is 18.2 Å². The van der Waals surface area contributed by atoms with Gasteiger partial charge in [0.2, 0.25) is 0 Å². The van der Waals surface area contributed by atoms with E-state index in [0.717, 1.165) is 43.4 Å². The third-order valence-corrected chi connectivity index (χ3v) is 3.89. The molecule has 4 heteroatoms. The number of nitrogens with zero attached hydrogens (tertiary/aromatic N) is 1. The maximum Gasteiger partial charge on any atom is 0.0594 e. The topological polar surface area (TPSA) is 24.5 Å². The summed E-state index contributed by atoms with van der Waals surface area (Å²) in [6.45, 7) is 9.22. The summed E-state index contributed by atoms with van der Waals surface area (Å²) < 4.78 is 5.37. The minimum absolute atomic E-state index is 0.268. The Labute approximate surface area is 120 Å². The van der Waals surface area contributed by atoms with E-state index in [1.165, 1.54) is 0 Å². The molecule has 0 bridgehead atoms. The molecule has 0 spiro atoms. The van der Waals surface area contributed by atoms with Crippen molar-refractivity contribution in [1.29, 1.82) is 0 Å². The lowest BCUT2D eigenvalue weighted by Crippen LogP contribution is -2.45. The largest absolute Gasteiger partial charge is 0.379 e. The quantitative estimate of drug-likeness (QED) is 0.899. The average Bonchev–Trinajstić information content (AvgIpc) is 2.40. The van der Waals surface area contributed by atoms with Crippen LogP contribution in [0.4, 0.5) is 0 Å². The van der Waals surface area contributed by atoms with Gasteiger partial charge in [-0.05, 0) is 25.5 Å². The van der Waals surface area contributed by atoms with Crippen molar-refractivity contribution in [2.75, 3.05) is 32.8 Å². The second kappa shape index (κ2) is 7.25. The molecule has 0 saturated carbocycles. The smallest absolute Gasteiger partial charge is 0.0594 e. The molecular formula is C15H23ClN2O. The fourth-order valence-electron chi connectivity index (χ4n) is 2.57. The Balaban J connectivity index is 1.84. The van der Waals surface area contributed by atoms with Crippen LogP contribution in [0.3, 0.4) is 0 Å². The molecule has 0 aliphatic carbocycles. The third kappa shape index (κ3) is 4.46. The van der Waals surface area contributed by atoms with Gasteiger partial charge in [-0.25, -0.2) is 0 Å². The lowest BCUT2D eigenvalue weighted by molar-refractivity contribution is 0.0339. The Morgan fingerprint density at radius 1 is 1.26 bits per heavy atom. The molecule has 3 nitrogen and oxygen atoms in total. The molecule has 19 heavy (non-hydrogen) atoms. The predicted octanol–water partition coefficient (Wildman–Crippen LogP) is 2.71. The molecule has 1 saturated heterocycles. The minimum atomic E-state index is 0.268. The molecule has 1 aromatic rings. The Morgan fingerprint density at radius 3 is 2.63 bits per heavy atom. The number of hydrogen-bond donors (Lipinski definition) is 1. The van der Waals surface area contributed by atoms with E-state index in [9.17, 15) is 0 Å². The Morgan fingerprint density at radius 2 is 1.95 bits per heavy atom. The Hall–Kier alpha value is -0.610. The second-order valence-electron chi connectivity index (χ2n) is 5.22. The van der Waals surface area contributed by atoms with Crippen molar-refractivity contribution in [3.8, 4) is 0 Å². The first-order chi connectivity index (χ1) is 9.16. The van der Waals surface area contributed by atoms with Crippen LogP contribution in [0.2, 0.25) is 5.02 Å². The average molecular weight is 283 g/mol. The summed E-state index contributed by atoms with van der Waals surface area (Å²) in [5, 5.41) is 4.45. The predicted molar refractivity (Wildman–Crippen MR) is 79.7 cm³/mol. The number of ether oxygens (including phenoxy) is 1. The highest BCUT2D eigenvalue weighted by Crippen LogP contribution is 2.22. The fraction of sp³-hybridized carbons (Fsp3) is 0.600. The SMILES string of the molecule is CC(CN1CCOCC1)NC(C)c1ccccc1Cl. The lowest BCUT2D eigenvalue weighted by atomic mass is 10.1. The van der Waals surface area contributed by atoms with Crippen molar-refractivity contribution in [1.82, 2.24) is 10.2 Å². The molecule has 0 aromatic heterocycles. The van der Waals surface area contributed by atoms with Gasteiger partial charge >= 0.3 is 0 Å². The summed E-state index contributed by atoms with van der Waals surface area (Å²) in [5.74, 6) is 0. The zero-order valence-electron chi connectivity index (χ0n) is 11.7. The Bertz CT molecular complexity index is 393. The van der Waals surface area contributed by atoms with Gasteiger partial charge in [-0.15, -0.1) is 0 Å². The summed E-state index contributed by atoms with van der Waals surface area (Å²) in [7, 11) is 0. The van der Waals surface area contributed by atoms with Gasteiger partial charge in [0.25, 0.3) is 0 Å². The maximum atomic E-state index is 6.23. The van der Waals surface area contributed by atoms with E-state index in [0.29, 0.717) is 6.04 Å². The van der Waals surface area contributed by atoms with Crippen LogP contribution in [-0.4, -0.2) is 43.8 Å². The van der Waals surface area contributed by atoms with Gasteiger partial charge in [0.05, 0.1) is 13.2 Å². The lowest BCUT2D eigenvalue weighted by Gasteiger charge is -2.30. The number of hydrogen-bond acceptors (Lipinski definition) is 3. The number of benzene rings is 1. The van der Waals surface area contributed by atoms with E-state index in [1.54, 1.807) is 0 Å². The Kier molecular flexibility index (Phi) is 5.64. The van der Waals surface area contributed by atoms with Crippen LogP contribution < -0.4 is 5.32 Å². The van der Waals surface area contributed by atoms with Gasteiger partial charge in [-0.2, -0.15) is 0 Å². The van der Waals surface area contributed by atoms with Crippen LogP contribution in [0, 0.1) is 0 Å². The van der Waals surface area contributed by atoms with Crippen LogP contribution in [-0.2, 0) is 4.74 Å². The number of nitrogens with one attached hydrogen (secondary N) is 1. The van der Waals surface area contributed by atoms with Crippen molar-refractivity contribution in [2.24, 2.45) is 0 Å². The molecular weight excluding hydrogens is 260 g/mol. The first-order valence-corrected chi connectivity index (χ1v) is 7.35. The molecule has 1 fully saturated rings. The molecule has 1 aliphatic rings. The number of rotatable bonds is 5. The highest BCUT2D eigenvalue weighted by molar-refractivity contribution is 6.31. The summed E-state index contributed by atoms with van der Waals surface area (Å²) in [6.07, 6.45) is 0. The zero-order valence-corrected chi connectivity index (χ0v) is 12.5. The van der Waals surface area contributed by atoms with Gasteiger partial charge in [0, 0.05) is 36.7 Å². The van der Waals surface area contributed by atoms with Gasteiger partial charge in [-0.3, -0.25) is 4.90 Å². The molecule has 106 valence electrons. The van der Waals surface area contributed by atoms with Crippen LogP contribution in [0.25, 0.3) is 0 Å². The van der Waals surface area contributed by atoms with Gasteiger partial charge in [0.15, 0.2) is 0 Å². The van der Waals surface area contributed by atoms with Crippen LogP contribution >= 0.6 is 11.6 Å². The van der Waals surface area contributed by atoms with Gasteiger partial charge in [-0.1, -0.05) is 29.8 Å². The van der Waals surface area contributed by atoms with Crippen molar-refractivity contribution in [2.45, 2.75) is 25.9 Å². The van der Waals surface area contributed by atoms with Crippen molar-refractivity contribution >= 4 is 11.6 Å². The number of halogens is 1. The molecule has 2 atom stereocenters. The standard InChI is InChI=1S/C15H23ClN2O/c1-12(11-18-7-9-19-10-8-18)17-13(2)14-5-3-4-6-15(14)16/h3-6,12-13,17H,7-11H2,1-2H3. The first-order valence-electron chi connectivity index (χ1n) is 6.97. The molecule has 1 aromatic carbocycles. The van der Waals surface area contributed by atoms with E-state index in [4.69, 9.17) is 16.3 Å². The summed E-state index contributed by atoms with van der Waals surface area (Å²) >= 11 is 6.23. The van der Waals surface area contributed by atoms with Crippen molar-refractivity contribution in [3.05, 3.63) is 34.9 Å². The molecule has 1 heterocycles. The minimum Gasteiger partial charge on any atom is -0.379 e. The van der Waals surface area contributed by atoms with Crippen LogP contribution in [0.5, 0.6) is 0 Å². The number of morpholine rings is 1. The monoisotopic (exact) mass is 282 g/mol. The summed E-state index contributed by atoms with van der Waals surface area (Å²) in [4.78, 5) is 2.44. The van der Waals surface area contributed by atoms with E-state index < -0.39 is 0 Å². The maximum absolute atomic E-state index is 6.23. The van der Waals surface area contributed by atoms with Gasteiger partial charge < -0.3 is 10.1 Å². The normalized spacial score (nSPS) is 20.2. The van der Waals surface area contributed by atoms with Crippen molar-refractivity contribution in [3.63, 3.8) is 0 Å². The van der Waals surface area contributed by atoms with E-state index in [-0.39, 0.29) is 6.04 Å². The van der Waals surface area contributed by atoms with E-state index in [2.05, 4.69) is 30.1 Å².